The van der Waals surface area contributed by atoms with Crippen molar-refractivity contribution in [1.82, 2.24) is 0 Å². The third-order valence-corrected chi connectivity index (χ3v) is 5.97. The molecule has 5 heteroatoms. The lowest BCUT2D eigenvalue weighted by Crippen LogP contribution is -2.18. The van der Waals surface area contributed by atoms with Gasteiger partial charge in [0.05, 0.1) is 16.9 Å². The molecule has 0 N–H and O–H groups in total. The predicted molar refractivity (Wildman–Crippen MR) is 144 cm³/mol. The zero-order valence-corrected chi connectivity index (χ0v) is 21.2. The number of unbranched alkanes of at least 4 members (excludes halogenated alkanes) is 4. The van der Waals surface area contributed by atoms with Crippen molar-refractivity contribution >= 4 is 23.0 Å². The minimum atomic E-state index is -0.385. The van der Waals surface area contributed by atoms with Gasteiger partial charge < -0.3 is 9.64 Å². The van der Waals surface area contributed by atoms with Crippen molar-refractivity contribution in [2.75, 3.05) is 18.5 Å². The van der Waals surface area contributed by atoms with Crippen molar-refractivity contribution in [3.63, 3.8) is 0 Å². The lowest BCUT2D eigenvalue weighted by atomic mass is 10.1. The molecule has 0 aromatic heterocycles. The number of esters is 1. The molecule has 0 amide bonds. The normalized spacial score (nSPS) is 11.1. The molecule has 3 aromatic rings. The second-order valence-electron chi connectivity index (χ2n) is 8.88. The third-order valence-electron chi connectivity index (χ3n) is 5.97. The molecular weight excluding hydrogens is 434 g/mol. The number of benzene rings is 3. The maximum absolute atomic E-state index is 12.5. The molecule has 0 radical (unpaired) electrons. The van der Waals surface area contributed by atoms with Crippen LogP contribution in [0.1, 0.15) is 68.3 Å². The maximum atomic E-state index is 12.5. The van der Waals surface area contributed by atoms with Gasteiger partial charge in [0, 0.05) is 19.3 Å². The topological polar surface area (TPSA) is 54.3 Å². The number of azo groups is 1. The van der Waals surface area contributed by atoms with Gasteiger partial charge in [0.2, 0.25) is 0 Å². The fourth-order valence-electron chi connectivity index (χ4n) is 3.73. The van der Waals surface area contributed by atoms with E-state index in [-0.39, 0.29) is 5.97 Å². The van der Waals surface area contributed by atoms with Gasteiger partial charge in [-0.05, 0) is 85.5 Å². The van der Waals surface area contributed by atoms with Gasteiger partial charge in [0.15, 0.2) is 0 Å². The Balaban J connectivity index is 1.51. The summed E-state index contributed by atoms with van der Waals surface area (Å²) in [6.45, 7) is 5.46. The molecule has 0 bridgehead atoms. The quantitative estimate of drug-likeness (QED) is 0.108. The highest BCUT2D eigenvalue weighted by Crippen LogP contribution is 2.23. The molecule has 0 saturated carbocycles. The Morgan fingerprint density at radius 3 is 1.94 bits per heavy atom. The first kappa shape index (κ1) is 26.1. The Hall–Kier alpha value is -3.47. The molecule has 0 saturated heterocycles. The van der Waals surface area contributed by atoms with Gasteiger partial charge in [-0.15, -0.1) is 0 Å². The molecule has 0 atom stereocenters. The van der Waals surface area contributed by atoms with Crippen LogP contribution in [0.25, 0.3) is 0 Å². The first-order valence-corrected chi connectivity index (χ1v) is 12.7. The summed E-state index contributed by atoms with van der Waals surface area (Å²) in [7, 11) is 2.12. The highest BCUT2D eigenvalue weighted by atomic mass is 16.5. The molecule has 35 heavy (non-hydrogen) atoms. The Morgan fingerprint density at radius 2 is 1.34 bits per heavy atom. The van der Waals surface area contributed by atoms with Crippen molar-refractivity contribution in [3.05, 3.63) is 83.9 Å². The zero-order chi connectivity index (χ0) is 24.9. The minimum absolute atomic E-state index is 0.385. The second-order valence-corrected chi connectivity index (χ2v) is 8.88. The lowest BCUT2D eigenvalue weighted by Gasteiger charge is -2.19. The van der Waals surface area contributed by atoms with Gasteiger partial charge in [-0.2, -0.15) is 10.2 Å². The number of hydrogen-bond acceptors (Lipinski definition) is 5. The van der Waals surface area contributed by atoms with Gasteiger partial charge in [0.25, 0.3) is 0 Å². The van der Waals surface area contributed by atoms with Crippen LogP contribution >= 0.6 is 0 Å². The largest absolute Gasteiger partial charge is 0.423 e. The predicted octanol–water partition coefficient (Wildman–Crippen LogP) is 8.68. The number of carbonyl (C=O) groups is 1. The summed E-state index contributed by atoms with van der Waals surface area (Å²) in [5.41, 5.74) is 4.38. The van der Waals surface area contributed by atoms with Gasteiger partial charge in [-0.3, -0.25) is 0 Å². The van der Waals surface area contributed by atoms with Crippen LogP contribution in [0.4, 0.5) is 17.1 Å². The molecular formula is C30H37N3O2. The van der Waals surface area contributed by atoms with E-state index in [1.165, 1.54) is 36.9 Å². The van der Waals surface area contributed by atoms with Crippen LogP contribution in [-0.2, 0) is 6.42 Å². The fraction of sp³-hybridized carbons (Fsp3) is 0.367. The van der Waals surface area contributed by atoms with E-state index >= 15 is 0 Å². The van der Waals surface area contributed by atoms with Crippen molar-refractivity contribution < 1.29 is 9.53 Å². The average Bonchev–Trinajstić information content (AvgIpc) is 2.90. The number of carbonyl (C=O) groups excluding carboxylic acids is 1. The number of aryl methyl sites for hydroxylation is 1. The van der Waals surface area contributed by atoms with E-state index in [1.54, 1.807) is 24.3 Å². The molecule has 0 aliphatic rings. The first-order valence-electron chi connectivity index (χ1n) is 12.7. The number of rotatable bonds is 13. The Labute approximate surface area is 209 Å². The van der Waals surface area contributed by atoms with Crippen LogP contribution in [0, 0.1) is 0 Å². The molecule has 5 nitrogen and oxygen atoms in total. The molecule has 0 spiro atoms. The van der Waals surface area contributed by atoms with Crippen LogP contribution in [-0.4, -0.2) is 19.6 Å². The van der Waals surface area contributed by atoms with Crippen LogP contribution < -0.4 is 9.64 Å². The van der Waals surface area contributed by atoms with Gasteiger partial charge in [-0.25, -0.2) is 4.79 Å². The number of anilines is 1. The number of nitrogens with zero attached hydrogens (tertiary/aromatic N) is 3. The van der Waals surface area contributed by atoms with E-state index in [0.29, 0.717) is 17.0 Å². The maximum Gasteiger partial charge on any atom is 0.343 e. The number of hydrogen-bond donors (Lipinski definition) is 0. The Morgan fingerprint density at radius 1 is 0.743 bits per heavy atom. The standard InChI is InChI=1S/C30H37N3O2/c1-4-6-8-9-23-33(3)28-19-17-27(18-20-28)32-31-26-15-13-25(14-16-26)30(34)35-29-21-11-24(12-22-29)10-7-5-2/h11-22H,4-10,23H2,1-3H3. The van der Waals surface area contributed by atoms with Crippen LogP contribution in [0.2, 0.25) is 0 Å². The third kappa shape index (κ3) is 8.67. The van der Waals surface area contributed by atoms with Crippen LogP contribution in [0.15, 0.2) is 83.0 Å². The molecule has 3 aromatic carbocycles. The highest BCUT2D eigenvalue weighted by Gasteiger charge is 2.09. The summed E-state index contributed by atoms with van der Waals surface area (Å²) in [4.78, 5) is 14.7. The Bertz CT molecular complexity index is 1060. The van der Waals surface area contributed by atoms with E-state index in [2.05, 4.69) is 48.2 Å². The lowest BCUT2D eigenvalue weighted by molar-refractivity contribution is 0.0734. The van der Waals surface area contributed by atoms with E-state index in [4.69, 9.17) is 4.74 Å². The van der Waals surface area contributed by atoms with Crippen LogP contribution in [0.5, 0.6) is 5.75 Å². The molecule has 0 aliphatic heterocycles. The molecule has 0 unspecified atom stereocenters. The summed E-state index contributed by atoms with van der Waals surface area (Å²) in [6, 6.07) is 22.8. The second kappa shape index (κ2) is 14.1. The summed E-state index contributed by atoms with van der Waals surface area (Å²) in [5.74, 6) is 0.165. The van der Waals surface area contributed by atoms with Gasteiger partial charge in [0.1, 0.15) is 5.75 Å². The molecule has 0 heterocycles. The smallest absolute Gasteiger partial charge is 0.343 e. The van der Waals surface area contributed by atoms with E-state index in [9.17, 15) is 4.79 Å². The van der Waals surface area contributed by atoms with Crippen molar-refractivity contribution in [2.45, 2.75) is 58.8 Å². The van der Waals surface area contributed by atoms with Crippen molar-refractivity contribution in [1.29, 1.82) is 0 Å². The molecule has 3 rings (SSSR count). The summed E-state index contributed by atoms with van der Waals surface area (Å²) < 4.78 is 5.50. The fourth-order valence-corrected chi connectivity index (χ4v) is 3.73. The summed E-state index contributed by atoms with van der Waals surface area (Å²) in [6.07, 6.45) is 8.39. The molecule has 0 aliphatic carbocycles. The highest BCUT2D eigenvalue weighted by molar-refractivity contribution is 5.91. The SMILES string of the molecule is CCCCCCN(C)c1ccc(N=Nc2ccc(C(=O)Oc3ccc(CCCC)cc3)cc2)cc1. The van der Waals surface area contributed by atoms with Gasteiger partial charge in [-0.1, -0.05) is 51.7 Å². The van der Waals surface area contributed by atoms with Crippen molar-refractivity contribution in [2.24, 2.45) is 10.2 Å². The monoisotopic (exact) mass is 471 g/mol. The molecule has 184 valence electrons. The van der Waals surface area contributed by atoms with Crippen molar-refractivity contribution in [3.8, 4) is 5.75 Å². The summed E-state index contributed by atoms with van der Waals surface area (Å²) in [5, 5.41) is 8.62. The Kier molecular flexibility index (Phi) is 10.5. The van der Waals surface area contributed by atoms with E-state index < -0.39 is 0 Å². The van der Waals surface area contributed by atoms with Crippen LogP contribution in [0.3, 0.4) is 0 Å². The first-order chi connectivity index (χ1) is 17.1. The van der Waals surface area contributed by atoms with E-state index in [0.717, 1.165) is 31.5 Å². The number of ether oxygens (including phenoxy) is 1. The average molecular weight is 472 g/mol. The minimum Gasteiger partial charge on any atom is -0.423 e. The van der Waals surface area contributed by atoms with Gasteiger partial charge >= 0.3 is 5.97 Å². The molecule has 0 fully saturated rings. The van der Waals surface area contributed by atoms with E-state index in [1.807, 2.05) is 36.4 Å². The zero-order valence-electron chi connectivity index (χ0n) is 21.2. The summed E-state index contributed by atoms with van der Waals surface area (Å²) >= 11 is 0.